The van der Waals surface area contributed by atoms with Crippen LogP contribution in [0.1, 0.15) is 17.0 Å². The molecule has 0 aliphatic rings. The van der Waals surface area contributed by atoms with Crippen molar-refractivity contribution in [3.05, 3.63) is 72.2 Å². The molecule has 0 unspecified atom stereocenters. The van der Waals surface area contributed by atoms with E-state index >= 15 is 0 Å². The number of halogens is 2. The van der Waals surface area contributed by atoms with E-state index in [1.807, 2.05) is 6.07 Å². The third kappa shape index (κ3) is 3.74. The lowest BCUT2D eigenvalue weighted by molar-refractivity contribution is 0.466. The summed E-state index contributed by atoms with van der Waals surface area (Å²) in [5, 5.41) is 15.7. The van der Waals surface area contributed by atoms with E-state index in [1.165, 1.54) is 27.3 Å². The Morgan fingerprint density at radius 1 is 1.30 bits per heavy atom. The highest BCUT2D eigenvalue weighted by molar-refractivity contribution is 6.32. The topological polar surface area (TPSA) is 106 Å². The fraction of sp³-hybridized carbons (Fsp3) is 0.176. The quantitative estimate of drug-likeness (QED) is 0.717. The van der Waals surface area contributed by atoms with Crippen LogP contribution in [0.25, 0.3) is 0 Å². The van der Waals surface area contributed by atoms with Gasteiger partial charge in [-0.3, -0.25) is 9.36 Å². The Morgan fingerprint density at radius 3 is 2.67 bits per heavy atom. The Hall–Kier alpha value is -3.02. The van der Waals surface area contributed by atoms with Gasteiger partial charge in [0, 0.05) is 18.3 Å². The van der Waals surface area contributed by atoms with Crippen molar-refractivity contribution in [1.29, 1.82) is 5.26 Å². The molecule has 3 aromatic rings. The minimum absolute atomic E-state index is 0.0431. The molecular weight excluding hydrogens is 393 g/mol. The van der Waals surface area contributed by atoms with Crippen LogP contribution in [0.2, 0.25) is 10.0 Å². The summed E-state index contributed by atoms with van der Waals surface area (Å²) in [4.78, 5) is 24.3. The molecule has 10 heteroatoms. The molecule has 2 aromatic heterocycles. The number of aromatic nitrogens is 4. The van der Waals surface area contributed by atoms with Crippen LogP contribution in [-0.2, 0) is 13.6 Å². The molecule has 0 fully saturated rings. The molecule has 0 saturated carbocycles. The van der Waals surface area contributed by atoms with E-state index in [0.717, 1.165) is 0 Å². The molecule has 0 saturated heterocycles. The maximum Gasteiger partial charge on any atom is 0.343 e. The predicted octanol–water partition coefficient (Wildman–Crippen LogP) is 2.60. The van der Waals surface area contributed by atoms with Crippen molar-refractivity contribution in [1.82, 2.24) is 19.3 Å². The molecule has 1 aromatic carbocycles. The average Bonchev–Trinajstić information content (AvgIpc) is 2.94. The summed E-state index contributed by atoms with van der Waals surface area (Å²) < 4.78 is 8.29. The van der Waals surface area contributed by atoms with E-state index in [-0.39, 0.29) is 34.3 Å². The number of nitriles is 1. The van der Waals surface area contributed by atoms with Crippen molar-refractivity contribution in [3.63, 3.8) is 0 Å². The molecule has 0 atom stereocenters. The van der Waals surface area contributed by atoms with Gasteiger partial charge in [-0.15, -0.1) is 0 Å². The van der Waals surface area contributed by atoms with Gasteiger partial charge in [0.15, 0.2) is 5.82 Å². The Bertz CT molecular complexity index is 1190. The zero-order chi connectivity index (χ0) is 19.7. The second-order valence-corrected chi connectivity index (χ2v) is 6.60. The summed E-state index contributed by atoms with van der Waals surface area (Å²) in [6.45, 7) is 1.76. The highest BCUT2D eigenvalue weighted by Gasteiger charge is 2.17. The number of hydrogen-bond donors (Lipinski definition) is 1. The normalized spacial score (nSPS) is 10.6. The maximum absolute atomic E-state index is 12.8. The van der Waals surface area contributed by atoms with E-state index in [4.69, 9.17) is 33.2 Å². The summed E-state index contributed by atoms with van der Waals surface area (Å²) in [7, 11) is 1.54. The Morgan fingerprint density at radius 2 is 2.04 bits per heavy atom. The number of aromatic amines is 1. The first-order chi connectivity index (χ1) is 12.8. The molecular formula is C17H13Cl2N5O3. The summed E-state index contributed by atoms with van der Waals surface area (Å²) >= 11 is 12.2. The van der Waals surface area contributed by atoms with Crippen LogP contribution in [0, 0.1) is 18.3 Å². The van der Waals surface area contributed by atoms with Gasteiger partial charge in [0.2, 0.25) is 5.75 Å². The largest absolute Gasteiger partial charge is 0.450 e. The van der Waals surface area contributed by atoms with Gasteiger partial charge in [0.1, 0.15) is 5.75 Å². The van der Waals surface area contributed by atoms with Crippen molar-refractivity contribution in [3.8, 4) is 17.6 Å². The Labute approximate surface area is 163 Å². The third-order valence-corrected chi connectivity index (χ3v) is 4.54. The lowest BCUT2D eigenvalue weighted by atomic mass is 10.2. The van der Waals surface area contributed by atoms with E-state index in [1.54, 1.807) is 20.2 Å². The van der Waals surface area contributed by atoms with Crippen LogP contribution in [0.3, 0.4) is 0 Å². The molecule has 1 N–H and O–H groups in total. The predicted molar refractivity (Wildman–Crippen MR) is 99.6 cm³/mol. The fourth-order valence-corrected chi connectivity index (χ4v) is 2.83. The van der Waals surface area contributed by atoms with Gasteiger partial charge in [-0.05, 0) is 30.7 Å². The second-order valence-electron chi connectivity index (χ2n) is 5.78. The molecule has 0 spiro atoms. The fourth-order valence-electron chi connectivity index (χ4n) is 2.44. The first-order valence-electron chi connectivity index (χ1n) is 7.68. The van der Waals surface area contributed by atoms with Gasteiger partial charge >= 0.3 is 5.69 Å². The second kappa shape index (κ2) is 7.31. The first kappa shape index (κ1) is 18.8. The van der Waals surface area contributed by atoms with E-state index in [0.29, 0.717) is 16.4 Å². The molecule has 8 nitrogen and oxygen atoms in total. The molecule has 3 rings (SSSR count). The number of hydrogen-bond acceptors (Lipinski definition) is 5. The highest BCUT2D eigenvalue weighted by atomic mass is 35.5. The minimum atomic E-state index is -0.514. The number of pyridine rings is 1. The molecule has 0 radical (unpaired) electrons. The Balaban J connectivity index is 2.06. The summed E-state index contributed by atoms with van der Waals surface area (Å²) in [6, 6.07) is 6.36. The zero-order valence-electron chi connectivity index (χ0n) is 14.3. The number of rotatable bonds is 4. The third-order valence-electron chi connectivity index (χ3n) is 3.85. The van der Waals surface area contributed by atoms with Gasteiger partial charge in [-0.1, -0.05) is 23.2 Å². The lowest BCUT2D eigenvalue weighted by Crippen LogP contribution is -2.24. The summed E-state index contributed by atoms with van der Waals surface area (Å²) in [6.07, 6.45) is 1.55. The maximum atomic E-state index is 12.8. The highest BCUT2D eigenvalue weighted by Crippen LogP contribution is 2.30. The number of H-pyrrole nitrogens is 1. The van der Waals surface area contributed by atoms with Crippen LogP contribution in [0.4, 0.5) is 0 Å². The molecule has 0 amide bonds. The molecule has 0 aliphatic carbocycles. The Kier molecular flexibility index (Phi) is 5.08. The number of nitrogens with zero attached hydrogens (tertiary/aromatic N) is 4. The molecule has 138 valence electrons. The van der Waals surface area contributed by atoms with Crippen LogP contribution in [-0.4, -0.2) is 19.3 Å². The van der Waals surface area contributed by atoms with Gasteiger partial charge in [0.25, 0.3) is 5.56 Å². The van der Waals surface area contributed by atoms with E-state index < -0.39 is 5.56 Å². The van der Waals surface area contributed by atoms with Gasteiger partial charge < -0.3 is 9.30 Å². The van der Waals surface area contributed by atoms with Crippen molar-refractivity contribution in [2.45, 2.75) is 13.5 Å². The molecule has 27 heavy (non-hydrogen) atoms. The van der Waals surface area contributed by atoms with Gasteiger partial charge in [-0.2, -0.15) is 10.4 Å². The standard InChI is InChI=1S/C17H13Cl2N5O3/c1-9-7-24(8-13-21-22-17(26)23(13)2)16(25)15(14(9)19)27-12-4-10(6-20)3-11(18)5-12/h3-5,7H,8H2,1-2H3,(H,22,26). The van der Waals surface area contributed by atoms with Crippen molar-refractivity contribution in [2.24, 2.45) is 7.05 Å². The molecule has 2 heterocycles. The van der Waals surface area contributed by atoms with Crippen LogP contribution in [0.5, 0.6) is 11.5 Å². The number of benzene rings is 1. The van der Waals surface area contributed by atoms with Crippen LogP contribution < -0.4 is 16.0 Å². The summed E-state index contributed by atoms with van der Waals surface area (Å²) in [5.41, 5.74) is -0.0230. The smallest absolute Gasteiger partial charge is 0.343 e. The monoisotopic (exact) mass is 405 g/mol. The molecule has 0 aliphatic heterocycles. The number of nitrogens with one attached hydrogen (secondary N) is 1. The first-order valence-corrected chi connectivity index (χ1v) is 8.44. The van der Waals surface area contributed by atoms with Crippen molar-refractivity contribution < 1.29 is 4.74 Å². The number of aryl methyl sites for hydroxylation is 1. The van der Waals surface area contributed by atoms with E-state index in [2.05, 4.69) is 10.2 Å². The van der Waals surface area contributed by atoms with Crippen LogP contribution in [0.15, 0.2) is 34.0 Å². The number of ether oxygens (including phenoxy) is 1. The summed E-state index contributed by atoms with van der Waals surface area (Å²) in [5.74, 6) is 0.468. The lowest BCUT2D eigenvalue weighted by Gasteiger charge is -2.13. The van der Waals surface area contributed by atoms with Crippen molar-refractivity contribution in [2.75, 3.05) is 0 Å². The SMILES string of the molecule is Cc1cn(Cc2n[nH]c(=O)n2C)c(=O)c(Oc2cc(Cl)cc(C#N)c2)c1Cl. The zero-order valence-corrected chi connectivity index (χ0v) is 15.8. The van der Waals surface area contributed by atoms with E-state index in [9.17, 15) is 9.59 Å². The average molecular weight is 406 g/mol. The van der Waals surface area contributed by atoms with Crippen molar-refractivity contribution >= 4 is 23.2 Å². The van der Waals surface area contributed by atoms with Crippen LogP contribution >= 0.6 is 23.2 Å². The van der Waals surface area contributed by atoms with Gasteiger partial charge in [0.05, 0.1) is 23.2 Å². The minimum Gasteiger partial charge on any atom is -0.450 e. The molecule has 0 bridgehead atoms. The van der Waals surface area contributed by atoms with Gasteiger partial charge in [-0.25, -0.2) is 9.89 Å².